The number of ether oxygens (including phenoxy) is 1. The fourth-order valence-corrected chi connectivity index (χ4v) is 6.50. The molecule has 1 amide bonds. The minimum Gasteiger partial charge on any atom is -0.461 e. The van der Waals surface area contributed by atoms with E-state index in [-0.39, 0.29) is 57.6 Å². The standard InChI is InChI=1S/C37H44N8O4.2H2S/c1-27(47)49-33-21-32(12-14-38-36(48)25-44-18-16-43(17-19-44)23-28-6-3-2-4-7-28)45(24-33)35-11-10-30(22-40-35)34-13-15-39-37(42-34)41-31-9-5-8-29(20-31)26-46;;/h2-11,13,15,20,22,32-33,46H,12,14,16-19,21,23-26H2,1H3,(H,38,48)(H,39,41,42);2*1H2. The summed E-state index contributed by atoms with van der Waals surface area (Å²) in [6, 6.07) is 23.7. The molecular formula is C37H48N8O4S2. The second-order valence-electron chi connectivity index (χ2n) is 12.6. The first-order valence-electron chi connectivity index (χ1n) is 16.9. The van der Waals surface area contributed by atoms with E-state index in [2.05, 4.69) is 59.6 Å². The maximum absolute atomic E-state index is 12.9. The Morgan fingerprint density at radius 2 is 1.69 bits per heavy atom. The Hall–Kier alpha value is -4.21. The number of nitrogens with one attached hydrogen (secondary N) is 2. The molecule has 0 spiro atoms. The van der Waals surface area contributed by atoms with Gasteiger partial charge in [0.1, 0.15) is 11.9 Å². The Labute approximate surface area is 313 Å². The maximum atomic E-state index is 12.9. The first-order chi connectivity index (χ1) is 23.9. The summed E-state index contributed by atoms with van der Waals surface area (Å²) in [5.74, 6) is 0.936. The van der Waals surface area contributed by atoms with Crippen molar-refractivity contribution >= 4 is 56.3 Å². The van der Waals surface area contributed by atoms with Gasteiger partial charge in [0.05, 0.1) is 25.4 Å². The summed E-state index contributed by atoms with van der Waals surface area (Å²) in [6.45, 7) is 7.39. The minimum atomic E-state index is -0.303. The van der Waals surface area contributed by atoms with Crippen molar-refractivity contribution in [3.8, 4) is 11.3 Å². The normalized spacial score (nSPS) is 17.6. The van der Waals surface area contributed by atoms with Crippen molar-refractivity contribution in [3.63, 3.8) is 0 Å². The van der Waals surface area contributed by atoms with Gasteiger partial charge in [-0.2, -0.15) is 27.0 Å². The van der Waals surface area contributed by atoms with Gasteiger partial charge in [-0.1, -0.05) is 42.5 Å². The van der Waals surface area contributed by atoms with Crippen molar-refractivity contribution in [1.82, 2.24) is 30.1 Å². The molecule has 2 saturated heterocycles. The van der Waals surface area contributed by atoms with Gasteiger partial charge in [0.25, 0.3) is 0 Å². The quantitative estimate of drug-likeness (QED) is 0.173. The third kappa shape index (κ3) is 11.4. The van der Waals surface area contributed by atoms with E-state index < -0.39 is 0 Å². The molecule has 0 radical (unpaired) electrons. The average molecular weight is 733 g/mol. The lowest BCUT2D eigenvalue weighted by molar-refractivity contribution is -0.145. The third-order valence-electron chi connectivity index (χ3n) is 8.95. The highest BCUT2D eigenvalue weighted by atomic mass is 32.1. The van der Waals surface area contributed by atoms with Gasteiger partial charge < -0.3 is 25.4 Å². The van der Waals surface area contributed by atoms with Gasteiger partial charge in [-0.05, 0) is 47.9 Å². The van der Waals surface area contributed by atoms with Crippen molar-refractivity contribution in [2.45, 2.75) is 45.1 Å². The molecule has 6 rings (SSSR count). The highest BCUT2D eigenvalue weighted by molar-refractivity contribution is 7.59. The van der Waals surface area contributed by atoms with Gasteiger partial charge in [-0.3, -0.25) is 19.4 Å². The van der Waals surface area contributed by atoms with E-state index in [9.17, 15) is 14.7 Å². The van der Waals surface area contributed by atoms with Crippen LogP contribution >= 0.6 is 27.0 Å². The van der Waals surface area contributed by atoms with E-state index >= 15 is 0 Å². The molecule has 4 heterocycles. The van der Waals surface area contributed by atoms with Crippen LogP contribution in [0.2, 0.25) is 0 Å². The Balaban J connectivity index is 0.00000292. The van der Waals surface area contributed by atoms with Crippen LogP contribution in [0.5, 0.6) is 0 Å². The fourth-order valence-electron chi connectivity index (χ4n) is 6.50. The Kier molecular flexibility index (Phi) is 15.1. The predicted molar refractivity (Wildman–Crippen MR) is 209 cm³/mol. The third-order valence-corrected chi connectivity index (χ3v) is 8.95. The number of anilines is 3. The molecule has 2 aromatic heterocycles. The SMILES string of the molecule is CC(=O)OC1CC(CCNC(=O)CN2CCN(Cc3ccccc3)CC2)N(c2ccc(-c3ccnc(Nc4cccc(CO)c4)n3)cn2)C1.S.S. The maximum Gasteiger partial charge on any atom is 0.302 e. The number of aliphatic hydroxyl groups is 1. The second-order valence-corrected chi connectivity index (χ2v) is 12.6. The van der Waals surface area contributed by atoms with E-state index in [0.717, 1.165) is 55.4 Å². The fraction of sp³-hybridized carbons (Fsp3) is 0.378. The number of nitrogens with zero attached hydrogens (tertiary/aromatic N) is 6. The zero-order valence-electron chi connectivity index (χ0n) is 28.9. The number of aromatic nitrogens is 3. The van der Waals surface area contributed by atoms with Crippen LogP contribution < -0.4 is 15.5 Å². The molecular weight excluding hydrogens is 685 g/mol. The number of benzene rings is 2. The van der Waals surface area contributed by atoms with Crippen molar-refractivity contribution in [2.75, 3.05) is 56.0 Å². The molecule has 2 aliphatic heterocycles. The summed E-state index contributed by atoms with van der Waals surface area (Å²) >= 11 is 0. The van der Waals surface area contributed by atoms with Crippen LogP contribution in [0, 0.1) is 0 Å². The number of aliphatic hydroxyl groups excluding tert-OH is 1. The molecule has 12 nitrogen and oxygen atoms in total. The van der Waals surface area contributed by atoms with Crippen LogP contribution in [0.15, 0.2) is 85.2 Å². The van der Waals surface area contributed by atoms with Crippen molar-refractivity contribution in [3.05, 3.63) is 96.3 Å². The van der Waals surface area contributed by atoms with Gasteiger partial charge in [0.15, 0.2) is 0 Å². The highest BCUT2D eigenvalue weighted by Gasteiger charge is 2.34. The van der Waals surface area contributed by atoms with Crippen LogP contribution in [0.4, 0.5) is 17.5 Å². The monoisotopic (exact) mass is 732 g/mol. The Bertz CT molecular complexity index is 1690. The number of hydrogen-bond acceptors (Lipinski definition) is 11. The number of hydrogen-bond donors (Lipinski definition) is 3. The molecule has 2 aromatic carbocycles. The van der Waals surface area contributed by atoms with Crippen LogP contribution in [0.25, 0.3) is 11.3 Å². The van der Waals surface area contributed by atoms with Gasteiger partial charge in [-0.25, -0.2) is 15.0 Å². The molecule has 2 aliphatic rings. The Morgan fingerprint density at radius 1 is 0.922 bits per heavy atom. The molecule has 2 atom stereocenters. The number of esters is 1. The van der Waals surface area contributed by atoms with Crippen molar-refractivity contribution < 1.29 is 19.4 Å². The highest BCUT2D eigenvalue weighted by Crippen LogP contribution is 2.29. The zero-order chi connectivity index (χ0) is 34.0. The largest absolute Gasteiger partial charge is 0.461 e. The van der Waals surface area contributed by atoms with E-state index in [4.69, 9.17) is 9.72 Å². The molecule has 4 aromatic rings. The van der Waals surface area contributed by atoms with Gasteiger partial charge >= 0.3 is 5.97 Å². The van der Waals surface area contributed by atoms with E-state index in [1.165, 1.54) is 12.5 Å². The molecule has 272 valence electrons. The first-order valence-corrected chi connectivity index (χ1v) is 16.9. The molecule has 0 saturated carbocycles. The minimum absolute atomic E-state index is 0. The molecule has 0 aliphatic carbocycles. The number of pyridine rings is 1. The van der Waals surface area contributed by atoms with Crippen LogP contribution in [-0.2, 0) is 27.5 Å². The summed E-state index contributed by atoms with van der Waals surface area (Å²) in [4.78, 5) is 45.2. The lowest BCUT2D eigenvalue weighted by Gasteiger charge is -2.34. The predicted octanol–water partition coefficient (Wildman–Crippen LogP) is 3.83. The van der Waals surface area contributed by atoms with E-state index in [1.54, 1.807) is 12.4 Å². The number of amides is 1. The number of carbonyl (C=O) groups excluding carboxylic acids is 2. The van der Waals surface area contributed by atoms with Gasteiger partial charge in [0, 0.05) is 82.3 Å². The zero-order valence-corrected chi connectivity index (χ0v) is 30.9. The molecule has 14 heteroatoms. The second kappa shape index (κ2) is 19.4. The van der Waals surface area contributed by atoms with Gasteiger partial charge in [-0.15, -0.1) is 0 Å². The van der Waals surface area contributed by atoms with Crippen molar-refractivity contribution in [2.24, 2.45) is 0 Å². The summed E-state index contributed by atoms with van der Waals surface area (Å²) < 4.78 is 5.59. The van der Waals surface area contributed by atoms with Gasteiger partial charge in [0.2, 0.25) is 11.9 Å². The Morgan fingerprint density at radius 3 is 2.41 bits per heavy atom. The average Bonchev–Trinajstić information content (AvgIpc) is 3.51. The summed E-state index contributed by atoms with van der Waals surface area (Å²) in [5, 5.41) is 15.7. The first kappa shape index (κ1) is 39.6. The molecule has 2 unspecified atom stereocenters. The van der Waals surface area contributed by atoms with E-state index in [1.807, 2.05) is 48.5 Å². The van der Waals surface area contributed by atoms with E-state index in [0.29, 0.717) is 44.1 Å². The number of rotatable bonds is 13. The summed E-state index contributed by atoms with van der Waals surface area (Å²) in [7, 11) is 0. The topological polar surface area (TPSA) is 136 Å². The molecule has 3 N–H and O–H groups in total. The van der Waals surface area contributed by atoms with Crippen LogP contribution in [-0.4, -0.2) is 99.7 Å². The summed E-state index contributed by atoms with van der Waals surface area (Å²) in [6.07, 6.45) is 4.60. The summed E-state index contributed by atoms with van der Waals surface area (Å²) in [5.41, 5.74) is 4.44. The number of carbonyl (C=O) groups is 2. The van der Waals surface area contributed by atoms with Crippen LogP contribution in [0.1, 0.15) is 30.9 Å². The lowest BCUT2D eigenvalue weighted by atomic mass is 10.1. The van der Waals surface area contributed by atoms with Crippen LogP contribution in [0.3, 0.4) is 0 Å². The van der Waals surface area contributed by atoms with Crippen molar-refractivity contribution in [1.29, 1.82) is 0 Å². The molecule has 2 fully saturated rings. The smallest absolute Gasteiger partial charge is 0.302 e. The lowest BCUT2D eigenvalue weighted by Crippen LogP contribution is -2.49. The molecule has 0 bridgehead atoms. The molecule has 51 heavy (non-hydrogen) atoms. The number of piperazine rings is 1.